The molecule has 1 aliphatic carbocycles. The number of carbonyl (C=O) groups excluding carboxylic acids is 2. The highest BCUT2D eigenvalue weighted by Crippen LogP contribution is 2.35. The van der Waals surface area contributed by atoms with Gasteiger partial charge in [0.25, 0.3) is 0 Å². The molecule has 6 heteroatoms. The molecule has 2 amide bonds. The molecule has 6 nitrogen and oxygen atoms in total. The topological polar surface area (TPSA) is 70.7 Å². The van der Waals surface area contributed by atoms with E-state index in [-0.39, 0.29) is 17.9 Å². The van der Waals surface area contributed by atoms with Crippen molar-refractivity contribution in [3.8, 4) is 0 Å². The van der Waals surface area contributed by atoms with Crippen molar-refractivity contribution in [3.63, 3.8) is 0 Å². The van der Waals surface area contributed by atoms with Gasteiger partial charge in [-0.3, -0.25) is 9.59 Å². The van der Waals surface area contributed by atoms with Gasteiger partial charge in [-0.05, 0) is 56.8 Å². The van der Waals surface area contributed by atoms with Crippen LogP contribution in [0.5, 0.6) is 0 Å². The number of piperidine rings is 1. The highest BCUT2D eigenvalue weighted by Gasteiger charge is 2.42. The zero-order valence-electron chi connectivity index (χ0n) is 16.3. The lowest BCUT2D eigenvalue weighted by atomic mass is 9.83. The van der Waals surface area contributed by atoms with Crippen LogP contribution in [0.4, 0.5) is 0 Å². The molecular weight excluding hydrogens is 330 g/mol. The van der Waals surface area contributed by atoms with Gasteiger partial charge in [0.1, 0.15) is 0 Å². The van der Waals surface area contributed by atoms with Crippen LogP contribution < -0.4 is 10.6 Å². The number of likely N-dealkylation sites (tertiary alicyclic amines) is 1. The number of amides is 2. The van der Waals surface area contributed by atoms with Gasteiger partial charge in [-0.2, -0.15) is 0 Å². The Hall–Kier alpha value is -1.14. The quantitative estimate of drug-likeness (QED) is 0.751. The van der Waals surface area contributed by atoms with Crippen LogP contribution in [0, 0.1) is 11.8 Å². The molecule has 4 atom stereocenters. The number of ether oxygens (including phenoxy) is 1. The van der Waals surface area contributed by atoms with Gasteiger partial charge in [-0.25, -0.2) is 0 Å². The summed E-state index contributed by atoms with van der Waals surface area (Å²) in [5.41, 5.74) is 0. The molecule has 3 aliphatic rings. The van der Waals surface area contributed by atoms with E-state index in [0.717, 1.165) is 64.6 Å². The fourth-order valence-electron chi connectivity index (χ4n) is 4.87. The maximum atomic E-state index is 12.9. The summed E-state index contributed by atoms with van der Waals surface area (Å²) in [6, 6.07) is 0.410. The molecule has 0 bridgehead atoms. The molecule has 2 saturated heterocycles. The number of hydrogen-bond donors (Lipinski definition) is 2. The minimum atomic E-state index is -0.0231. The Labute approximate surface area is 157 Å². The van der Waals surface area contributed by atoms with E-state index in [0.29, 0.717) is 30.4 Å². The summed E-state index contributed by atoms with van der Waals surface area (Å²) < 4.78 is 5.51. The van der Waals surface area contributed by atoms with Crippen molar-refractivity contribution in [2.75, 3.05) is 26.7 Å². The van der Waals surface area contributed by atoms with Gasteiger partial charge in [0.2, 0.25) is 11.8 Å². The Kier molecular flexibility index (Phi) is 6.92. The lowest BCUT2D eigenvalue weighted by Gasteiger charge is -2.33. The van der Waals surface area contributed by atoms with Crippen molar-refractivity contribution in [3.05, 3.63) is 0 Å². The summed E-state index contributed by atoms with van der Waals surface area (Å²) in [5, 5.41) is 6.54. The Balaban J connectivity index is 1.42. The molecule has 3 rings (SSSR count). The molecule has 2 aliphatic heterocycles. The van der Waals surface area contributed by atoms with Crippen LogP contribution in [0.2, 0.25) is 0 Å². The van der Waals surface area contributed by atoms with E-state index in [9.17, 15) is 9.59 Å². The van der Waals surface area contributed by atoms with E-state index in [1.54, 1.807) is 7.11 Å². The molecule has 0 spiro atoms. The number of carbonyl (C=O) groups is 2. The lowest BCUT2D eigenvalue weighted by molar-refractivity contribution is -0.134. The molecule has 0 aromatic rings. The molecule has 0 radical (unpaired) electrons. The molecule has 2 N–H and O–H groups in total. The van der Waals surface area contributed by atoms with Gasteiger partial charge in [0.05, 0.1) is 12.1 Å². The molecule has 0 aromatic heterocycles. The SMILES string of the molecule is CCCNC(=O)CC1CCN(C(=O)C2CC3CCC(OC)CC3N2)CC1. The predicted octanol–water partition coefficient (Wildman–Crippen LogP) is 1.69. The van der Waals surface area contributed by atoms with E-state index in [2.05, 4.69) is 17.6 Å². The molecule has 4 unspecified atom stereocenters. The first kappa shape index (κ1) is 19.6. The number of fused-ring (bicyclic) bond motifs is 1. The molecule has 26 heavy (non-hydrogen) atoms. The number of methoxy groups -OCH3 is 1. The summed E-state index contributed by atoms with van der Waals surface area (Å²) in [4.78, 5) is 26.8. The lowest BCUT2D eigenvalue weighted by Crippen LogP contribution is -2.49. The third-order valence-electron chi connectivity index (χ3n) is 6.50. The second kappa shape index (κ2) is 9.18. The highest BCUT2D eigenvalue weighted by molar-refractivity contribution is 5.82. The standard InChI is InChI=1S/C20H35N3O3/c1-3-8-21-19(24)11-14-6-9-23(10-7-14)20(25)18-12-15-4-5-16(26-2)13-17(15)22-18/h14-18,22H,3-13H2,1-2H3,(H,21,24). The highest BCUT2D eigenvalue weighted by atomic mass is 16.5. The number of rotatable bonds is 6. The average molecular weight is 366 g/mol. The van der Waals surface area contributed by atoms with Crippen LogP contribution >= 0.6 is 0 Å². The Morgan fingerprint density at radius 3 is 2.62 bits per heavy atom. The van der Waals surface area contributed by atoms with Gasteiger partial charge in [-0.15, -0.1) is 0 Å². The molecule has 148 valence electrons. The molecule has 3 fully saturated rings. The minimum Gasteiger partial charge on any atom is -0.381 e. The van der Waals surface area contributed by atoms with Crippen LogP contribution in [0.3, 0.4) is 0 Å². The Bertz CT molecular complexity index is 491. The average Bonchev–Trinajstić information content (AvgIpc) is 3.09. The van der Waals surface area contributed by atoms with E-state index in [1.807, 2.05) is 4.90 Å². The molecule has 0 aromatic carbocycles. The van der Waals surface area contributed by atoms with E-state index >= 15 is 0 Å². The van der Waals surface area contributed by atoms with Gasteiger partial charge < -0.3 is 20.3 Å². The van der Waals surface area contributed by atoms with Crippen LogP contribution in [-0.2, 0) is 14.3 Å². The first-order valence-corrected chi connectivity index (χ1v) is 10.4. The van der Waals surface area contributed by atoms with Crippen LogP contribution in [-0.4, -0.2) is 61.6 Å². The van der Waals surface area contributed by atoms with Gasteiger partial charge in [0, 0.05) is 39.2 Å². The molecule has 1 saturated carbocycles. The minimum absolute atomic E-state index is 0.0231. The van der Waals surface area contributed by atoms with Crippen molar-refractivity contribution in [2.24, 2.45) is 11.8 Å². The molecule has 2 heterocycles. The number of hydrogen-bond acceptors (Lipinski definition) is 4. The normalized spacial score (nSPS) is 32.3. The monoisotopic (exact) mass is 365 g/mol. The van der Waals surface area contributed by atoms with Gasteiger partial charge in [-0.1, -0.05) is 6.92 Å². The summed E-state index contributed by atoms with van der Waals surface area (Å²) in [7, 11) is 1.79. The zero-order valence-corrected chi connectivity index (χ0v) is 16.3. The van der Waals surface area contributed by atoms with E-state index in [4.69, 9.17) is 4.74 Å². The third kappa shape index (κ3) is 4.77. The summed E-state index contributed by atoms with van der Waals surface area (Å²) in [6.45, 7) is 4.40. The number of nitrogens with zero attached hydrogens (tertiary/aromatic N) is 1. The van der Waals surface area contributed by atoms with Crippen LogP contribution in [0.25, 0.3) is 0 Å². The fourth-order valence-corrected chi connectivity index (χ4v) is 4.87. The first-order chi connectivity index (χ1) is 12.6. The predicted molar refractivity (Wildman–Crippen MR) is 101 cm³/mol. The van der Waals surface area contributed by atoms with Gasteiger partial charge >= 0.3 is 0 Å². The molecular formula is C20H35N3O3. The summed E-state index contributed by atoms with van der Waals surface area (Å²) >= 11 is 0. The second-order valence-corrected chi connectivity index (χ2v) is 8.32. The second-order valence-electron chi connectivity index (χ2n) is 8.32. The Morgan fingerprint density at radius 1 is 1.15 bits per heavy atom. The van der Waals surface area contributed by atoms with Crippen LogP contribution in [0.15, 0.2) is 0 Å². The Morgan fingerprint density at radius 2 is 1.92 bits per heavy atom. The first-order valence-electron chi connectivity index (χ1n) is 10.4. The third-order valence-corrected chi connectivity index (χ3v) is 6.50. The van der Waals surface area contributed by atoms with Crippen molar-refractivity contribution < 1.29 is 14.3 Å². The fraction of sp³-hybridized carbons (Fsp3) is 0.900. The number of nitrogens with one attached hydrogen (secondary N) is 2. The summed E-state index contributed by atoms with van der Waals surface area (Å²) in [5.74, 6) is 1.46. The largest absolute Gasteiger partial charge is 0.381 e. The van der Waals surface area contributed by atoms with Crippen molar-refractivity contribution >= 4 is 11.8 Å². The van der Waals surface area contributed by atoms with E-state index < -0.39 is 0 Å². The van der Waals surface area contributed by atoms with Crippen LogP contribution in [0.1, 0.15) is 58.3 Å². The summed E-state index contributed by atoms with van der Waals surface area (Å²) in [6.07, 6.45) is 8.08. The van der Waals surface area contributed by atoms with Crippen molar-refractivity contribution in [1.82, 2.24) is 15.5 Å². The van der Waals surface area contributed by atoms with Crippen molar-refractivity contribution in [1.29, 1.82) is 0 Å². The van der Waals surface area contributed by atoms with Gasteiger partial charge in [0.15, 0.2) is 0 Å². The zero-order chi connectivity index (χ0) is 18.5. The van der Waals surface area contributed by atoms with Crippen molar-refractivity contribution in [2.45, 2.75) is 76.5 Å². The smallest absolute Gasteiger partial charge is 0.239 e. The maximum Gasteiger partial charge on any atom is 0.239 e. The van der Waals surface area contributed by atoms with E-state index in [1.165, 1.54) is 0 Å². The maximum absolute atomic E-state index is 12.9.